The van der Waals surface area contributed by atoms with Crippen molar-refractivity contribution in [1.29, 1.82) is 0 Å². The van der Waals surface area contributed by atoms with Crippen LogP contribution >= 0.6 is 0 Å². The van der Waals surface area contributed by atoms with E-state index in [0.29, 0.717) is 0 Å². The number of nitrogens with zero attached hydrogens (tertiary/aromatic N) is 5. The van der Waals surface area contributed by atoms with Crippen LogP contribution in [0.2, 0.25) is 0 Å². The molecule has 0 aliphatic carbocycles. The van der Waals surface area contributed by atoms with Crippen LogP contribution in [0.5, 0.6) is 0 Å². The molecule has 2 aromatic heterocycles. The number of hydrogen-bond acceptors (Lipinski definition) is 4. The smallest absolute Gasteiger partial charge is 0.137 e. The Labute approximate surface area is 182 Å². The molecule has 0 aliphatic heterocycles. The molecule has 164 valence electrons. The molecule has 9 heteroatoms. The first-order chi connectivity index (χ1) is 15.3. The Morgan fingerprint density at radius 2 is 1.72 bits per heavy atom. The Kier molecular flexibility index (Phi) is 5.91. The summed E-state index contributed by atoms with van der Waals surface area (Å²) < 4.78 is 44.1. The first kappa shape index (κ1) is 21.5. The third kappa shape index (κ3) is 4.47. The molecule has 32 heavy (non-hydrogen) atoms. The summed E-state index contributed by atoms with van der Waals surface area (Å²) in [5.41, 5.74) is -0.358. The van der Waals surface area contributed by atoms with Gasteiger partial charge in [0.15, 0.2) is 0 Å². The van der Waals surface area contributed by atoms with Crippen molar-refractivity contribution in [3.63, 3.8) is 0 Å². The summed E-state index contributed by atoms with van der Waals surface area (Å²) in [7, 11) is 0. The first-order valence-corrected chi connectivity index (χ1v) is 9.83. The fraction of sp³-hybridized carbons (Fsp3) is 0.174. The minimum atomic E-state index is -1.81. The SMILES string of the molecule is C[C@@H](n1cc(C=Cc2ccc(F)cc2)cn1)[C@](O)(Cn1cncn1)c1ccc(F)cc1F. The van der Waals surface area contributed by atoms with Crippen LogP contribution < -0.4 is 0 Å². The lowest BCUT2D eigenvalue weighted by atomic mass is 9.86. The highest BCUT2D eigenvalue weighted by molar-refractivity contribution is 5.68. The van der Waals surface area contributed by atoms with E-state index in [1.54, 1.807) is 43.6 Å². The zero-order chi connectivity index (χ0) is 22.7. The molecule has 0 fully saturated rings. The topological polar surface area (TPSA) is 68.8 Å². The Balaban J connectivity index is 1.65. The molecule has 0 bridgehead atoms. The summed E-state index contributed by atoms with van der Waals surface area (Å²) in [6.45, 7) is 1.55. The third-order valence-electron chi connectivity index (χ3n) is 5.31. The van der Waals surface area contributed by atoms with Gasteiger partial charge in [-0.3, -0.25) is 4.68 Å². The lowest BCUT2D eigenvalue weighted by Crippen LogP contribution is -2.40. The van der Waals surface area contributed by atoms with Gasteiger partial charge in [0.2, 0.25) is 0 Å². The van der Waals surface area contributed by atoms with Crippen LogP contribution in [0.3, 0.4) is 0 Å². The molecule has 0 saturated carbocycles. The van der Waals surface area contributed by atoms with E-state index in [0.717, 1.165) is 23.3 Å². The van der Waals surface area contributed by atoms with Crippen LogP contribution in [-0.4, -0.2) is 29.7 Å². The molecule has 4 aromatic rings. The average molecular weight is 439 g/mol. The normalized spacial score (nSPS) is 14.5. The molecule has 2 aromatic carbocycles. The van der Waals surface area contributed by atoms with Gasteiger partial charge in [0.05, 0.1) is 18.8 Å². The predicted molar refractivity (Wildman–Crippen MR) is 113 cm³/mol. The van der Waals surface area contributed by atoms with Crippen molar-refractivity contribution in [3.05, 3.63) is 102 Å². The first-order valence-electron chi connectivity index (χ1n) is 9.83. The van der Waals surface area contributed by atoms with Gasteiger partial charge in [-0.25, -0.2) is 22.8 Å². The second kappa shape index (κ2) is 8.80. The number of halogens is 3. The second-order valence-corrected chi connectivity index (χ2v) is 7.46. The molecule has 0 unspecified atom stereocenters. The lowest BCUT2D eigenvalue weighted by molar-refractivity contribution is -0.0369. The minimum Gasteiger partial charge on any atom is -0.381 e. The summed E-state index contributed by atoms with van der Waals surface area (Å²) in [5.74, 6) is -1.93. The molecule has 4 rings (SSSR count). The van der Waals surface area contributed by atoms with Crippen LogP contribution in [0.25, 0.3) is 12.2 Å². The van der Waals surface area contributed by atoms with Gasteiger partial charge < -0.3 is 5.11 Å². The van der Waals surface area contributed by atoms with Crippen molar-refractivity contribution in [1.82, 2.24) is 24.5 Å². The van der Waals surface area contributed by atoms with Gasteiger partial charge in [0, 0.05) is 23.4 Å². The van der Waals surface area contributed by atoms with Gasteiger partial charge in [0.1, 0.15) is 35.7 Å². The highest BCUT2D eigenvalue weighted by atomic mass is 19.1. The second-order valence-electron chi connectivity index (χ2n) is 7.46. The number of aliphatic hydroxyl groups is 1. The molecule has 0 spiro atoms. The number of aromatic nitrogens is 5. The Bertz CT molecular complexity index is 1220. The van der Waals surface area contributed by atoms with Gasteiger partial charge in [-0.1, -0.05) is 30.4 Å². The number of benzene rings is 2. The average Bonchev–Trinajstić information content (AvgIpc) is 3.44. The number of rotatable bonds is 7. The molecule has 6 nitrogen and oxygen atoms in total. The van der Waals surface area contributed by atoms with Crippen molar-refractivity contribution in [2.45, 2.75) is 25.1 Å². The van der Waals surface area contributed by atoms with E-state index < -0.39 is 23.3 Å². The van der Waals surface area contributed by atoms with E-state index in [-0.39, 0.29) is 17.9 Å². The van der Waals surface area contributed by atoms with Crippen molar-refractivity contribution < 1.29 is 18.3 Å². The molecule has 2 atom stereocenters. The van der Waals surface area contributed by atoms with E-state index in [2.05, 4.69) is 15.2 Å². The van der Waals surface area contributed by atoms with Gasteiger partial charge in [-0.15, -0.1) is 0 Å². The summed E-state index contributed by atoms with van der Waals surface area (Å²) in [5, 5.41) is 19.9. The number of hydrogen-bond donors (Lipinski definition) is 1. The Morgan fingerprint density at radius 1 is 1.00 bits per heavy atom. The van der Waals surface area contributed by atoms with Crippen LogP contribution in [0.4, 0.5) is 13.2 Å². The highest BCUT2D eigenvalue weighted by Gasteiger charge is 2.40. The zero-order valence-electron chi connectivity index (χ0n) is 17.1. The van der Waals surface area contributed by atoms with Gasteiger partial charge in [-0.05, 0) is 30.7 Å². The maximum absolute atomic E-state index is 14.7. The van der Waals surface area contributed by atoms with E-state index in [4.69, 9.17) is 0 Å². The van der Waals surface area contributed by atoms with Crippen molar-refractivity contribution >= 4 is 12.2 Å². The summed E-state index contributed by atoms with van der Waals surface area (Å²) in [6.07, 6.45) is 9.58. The lowest BCUT2D eigenvalue weighted by Gasteiger charge is -2.34. The van der Waals surface area contributed by atoms with Crippen LogP contribution in [0.1, 0.15) is 29.7 Å². The van der Waals surface area contributed by atoms with Crippen LogP contribution in [0, 0.1) is 17.5 Å². The molecule has 1 N–H and O–H groups in total. The Hall–Kier alpha value is -3.72. The minimum absolute atomic E-state index is 0.0826. The maximum Gasteiger partial charge on any atom is 0.137 e. The van der Waals surface area contributed by atoms with E-state index in [9.17, 15) is 18.3 Å². The van der Waals surface area contributed by atoms with Crippen LogP contribution in [-0.2, 0) is 12.1 Å². The summed E-state index contributed by atoms with van der Waals surface area (Å²) >= 11 is 0. The fourth-order valence-electron chi connectivity index (χ4n) is 3.48. The summed E-state index contributed by atoms with van der Waals surface area (Å²) in [6, 6.07) is 8.32. The quantitative estimate of drug-likeness (QED) is 0.468. The van der Waals surface area contributed by atoms with Crippen LogP contribution in [0.15, 0.2) is 67.5 Å². The van der Waals surface area contributed by atoms with Gasteiger partial charge >= 0.3 is 0 Å². The third-order valence-corrected chi connectivity index (χ3v) is 5.31. The van der Waals surface area contributed by atoms with Gasteiger partial charge in [-0.2, -0.15) is 10.2 Å². The highest BCUT2D eigenvalue weighted by Crippen LogP contribution is 2.36. The molecular formula is C23H20F3N5O. The van der Waals surface area contributed by atoms with Crippen molar-refractivity contribution in [2.24, 2.45) is 0 Å². The molecular weight excluding hydrogens is 419 g/mol. The molecule has 0 saturated heterocycles. The largest absolute Gasteiger partial charge is 0.381 e. The van der Waals surface area contributed by atoms with Gasteiger partial charge in [0.25, 0.3) is 0 Å². The Morgan fingerprint density at radius 3 is 2.41 bits per heavy atom. The van der Waals surface area contributed by atoms with Crippen molar-refractivity contribution in [2.75, 3.05) is 0 Å². The zero-order valence-corrected chi connectivity index (χ0v) is 17.1. The standard InChI is InChI=1S/C23H20F3N5O/c1-16(31-12-18(11-28-31)3-2-17-4-6-19(24)7-5-17)23(32,13-30-15-27-14-29-30)21-9-8-20(25)10-22(21)26/h2-12,14-16,32H,13H2,1H3/t16-,23-/m1/s1. The molecule has 0 amide bonds. The van der Waals surface area contributed by atoms with E-state index in [1.165, 1.54) is 40.2 Å². The predicted octanol–water partition coefficient (Wildman–Crippen LogP) is 4.21. The fourth-order valence-corrected chi connectivity index (χ4v) is 3.48. The van der Waals surface area contributed by atoms with E-state index >= 15 is 0 Å². The van der Waals surface area contributed by atoms with Crippen molar-refractivity contribution in [3.8, 4) is 0 Å². The molecule has 2 heterocycles. The molecule has 0 radical (unpaired) electrons. The maximum atomic E-state index is 14.7. The summed E-state index contributed by atoms with van der Waals surface area (Å²) in [4.78, 5) is 3.86. The van der Waals surface area contributed by atoms with E-state index in [1.807, 2.05) is 0 Å². The monoisotopic (exact) mass is 439 g/mol. The molecule has 0 aliphatic rings.